The summed E-state index contributed by atoms with van der Waals surface area (Å²) in [5.74, 6) is -3.01. The average molecular weight is 486 g/mol. The van der Waals surface area contributed by atoms with Crippen molar-refractivity contribution < 1.29 is 48.7 Å². The smallest absolute Gasteiger partial charge is 0.430 e. The van der Waals surface area contributed by atoms with Crippen LogP contribution in [-0.4, -0.2) is 71.7 Å². The standard InChI is InChI=1S/C17H19N4O11P/c18-11-1-2-21(17(28)19-11)14-13(23)12(22)10(32-14)6-31-33(29,30)20-9-4-7(15(24)25)3-8(5-9)16(26)27/h1-5,10,12-14,22-23H,6H2,(H,24,25)(H,26,27)(H2,18,19,28)(H2,20,29,30)/t10-,12-,13-,14-/m1/s1. The average Bonchev–Trinajstić information content (AvgIpc) is 3.00. The summed E-state index contributed by atoms with van der Waals surface area (Å²) >= 11 is 0. The fourth-order valence-electron chi connectivity index (χ4n) is 3.03. The van der Waals surface area contributed by atoms with Gasteiger partial charge in [-0.2, -0.15) is 4.98 Å². The lowest BCUT2D eigenvalue weighted by Gasteiger charge is -2.19. The SMILES string of the molecule is Nc1ccn([C@@H]2O[C@H](COP(=O)(O)Nc3cc(C(=O)O)cc(C(=O)O)c3)[C@@H](O)[C@H]2O)c(=O)n1. The van der Waals surface area contributed by atoms with Crippen LogP contribution in [0.2, 0.25) is 0 Å². The number of aliphatic hydroxyl groups is 2. The number of aliphatic hydroxyl groups excluding tert-OH is 2. The molecule has 8 N–H and O–H groups in total. The predicted molar refractivity (Wildman–Crippen MR) is 109 cm³/mol. The van der Waals surface area contributed by atoms with E-state index in [-0.39, 0.29) is 11.5 Å². The third kappa shape index (κ3) is 5.54. The zero-order chi connectivity index (χ0) is 24.5. The van der Waals surface area contributed by atoms with Gasteiger partial charge in [-0.25, -0.2) is 18.9 Å². The number of nitrogens with two attached hydrogens (primary N) is 1. The van der Waals surface area contributed by atoms with E-state index in [2.05, 4.69) is 4.98 Å². The number of hydrogen-bond acceptors (Lipinski definition) is 10. The Labute approximate surface area is 184 Å². The molecular weight excluding hydrogens is 467 g/mol. The highest BCUT2D eigenvalue weighted by Gasteiger charge is 2.45. The molecule has 0 amide bonds. The van der Waals surface area contributed by atoms with Crippen molar-refractivity contribution in [2.45, 2.75) is 24.5 Å². The fraction of sp³-hybridized carbons (Fsp3) is 0.294. The number of nitrogen functional groups attached to an aromatic ring is 1. The molecule has 0 bridgehead atoms. The van der Waals surface area contributed by atoms with E-state index in [1.54, 1.807) is 0 Å². The minimum Gasteiger partial charge on any atom is -0.478 e. The van der Waals surface area contributed by atoms with Crippen LogP contribution in [0.25, 0.3) is 0 Å². The Morgan fingerprint density at radius 3 is 2.33 bits per heavy atom. The topological polar surface area (TPSA) is 244 Å². The summed E-state index contributed by atoms with van der Waals surface area (Å²) in [5.41, 5.74) is 3.29. The second kappa shape index (κ2) is 9.27. The lowest BCUT2D eigenvalue weighted by Crippen LogP contribution is -2.36. The van der Waals surface area contributed by atoms with Crippen molar-refractivity contribution >= 4 is 31.2 Å². The Morgan fingerprint density at radius 2 is 1.79 bits per heavy atom. The number of anilines is 2. The van der Waals surface area contributed by atoms with Gasteiger partial charge in [0.15, 0.2) is 6.23 Å². The number of aromatic carboxylic acids is 2. The first-order chi connectivity index (χ1) is 15.4. The van der Waals surface area contributed by atoms with Gasteiger partial charge in [-0.1, -0.05) is 0 Å². The molecule has 1 aromatic heterocycles. The first-order valence-corrected chi connectivity index (χ1v) is 10.7. The molecule has 0 aliphatic carbocycles. The Kier molecular flexibility index (Phi) is 6.83. The molecule has 0 saturated carbocycles. The van der Waals surface area contributed by atoms with Crippen LogP contribution < -0.4 is 16.5 Å². The van der Waals surface area contributed by atoms with Gasteiger partial charge in [0.25, 0.3) is 0 Å². The molecule has 3 rings (SSSR count). The molecule has 5 atom stereocenters. The van der Waals surface area contributed by atoms with Crippen LogP contribution >= 0.6 is 7.75 Å². The molecule has 178 valence electrons. The van der Waals surface area contributed by atoms with Crippen molar-refractivity contribution in [1.82, 2.24) is 9.55 Å². The summed E-state index contributed by atoms with van der Waals surface area (Å²) in [6.07, 6.45) is -4.78. The number of aromatic nitrogens is 2. The lowest BCUT2D eigenvalue weighted by atomic mass is 10.1. The Hall–Kier alpha value is -3.33. The van der Waals surface area contributed by atoms with Crippen molar-refractivity contribution in [3.05, 3.63) is 52.1 Å². The fourth-order valence-corrected chi connectivity index (χ4v) is 3.89. The quantitative estimate of drug-likeness (QED) is 0.223. The number of carboxylic acid groups (broad SMARTS) is 2. The highest BCUT2D eigenvalue weighted by atomic mass is 31.2. The van der Waals surface area contributed by atoms with E-state index in [0.717, 1.165) is 22.8 Å². The largest absolute Gasteiger partial charge is 0.478 e. The second-order valence-corrected chi connectivity index (χ2v) is 8.45. The highest BCUT2D eigenvalue weighted by molar-refractivity contribution is 7.54. The van der Waals surface area contributed by atoms with Gasteiger partial charge in [0.1, 0.15) is 24.1 Å². The second-order valence-electron chi connectivity index (χ2n) is 6.93. The molecule has 1 aliphatic rings. The number of ether oxygens (including phenoxy) is 1. The maximum atomic E-state index is 12.4. The maximum absolute atomic E-state index is 12.4. The third-order valence-electron chi connectivity index (χ3n) is 4.57. The molecule has 16 heteroatoms. The first kappa shape index (κ1) is 24.3. The molecule has 1 aliphatic heterocycles. The summed E-state index contributed by atoms with van der Waals surface area (Å²) in [7, 11) is -4.73. The van der Waals surface area contributed by atoms with Crippen molar-refractivity contribution in [2.75, 3.05) is 17.4 Å². The van der Waals surface area contributed by atoms with Gasteiger partial charge in [-0.3, -0.25) is 14.2 Å². The molecule has 1 saturated heterocycles. The van der Waals surface area contributed by atoms with E-state index < -0.39 is 67.6 Å². The van der Waals surface area contributed by atoms with Crippen LogP contribution in [0.1, 0.15) is 26.9 Å². The van der Waals surface area contributed by atoms with Gasteiger partial charge in [-0.05, 0) is 24.3 Å². The molecule has 1 unspecified atom stereocenters. The van der Waals surface area contributed by atoms with Gasteiger partial charge < -0.3 is 35.8 Å². The normalized spacial score (nSPS) is 24.2. The Morgan fingerprint density at radius 1 is 1.18 bits per heavy atom. The molecule has 15 nitrogen and oxygen atoms in total. The number of hydrogen-bond donors (Lipinski definition) is 7. The molecule has 0 spiro atoms. The van der Waals surface area contributed by atoms with Gasteiger partial charge in [0.05, 0.1) is 17.7 Å². The van der Waals surface area contributed by atoms with Crippen molar-refractivity contribution in [3.63, 3.8) is 0 Å². The number of benzene rings is 1. The van der Waals surface area contributed by atoms with E-state index in [1.807, 2.05) is 5.09 Å². The van der Waals surface area contributed by atoms with Gasteiger partial charge in [0, 0.05) is 11.9 Å². The van der Waals surface area contributed by atoms with Crippen LogP contribution in [-0.2, 0) is 13.8 Å². The summed E-state index contributed by atoms with van der Waals surface area (Å²) in [5, 5.41) is 40.5. The minimum absolute atomic E-state index is 0.0746. The lowest BCUT2D eigenvalue weighted by molar-refractivity contribution is -0.0523. The van der Waals surface area contributed by atoms with Gasteiger partial charge >= 0.3 is 25.4 Å². The number of nitrogens with one attached hydrogen (secondary N) is 1. The number of carbonyl (C=O) groups is 2. The van der Waals surface area contributed by atoms with Crippen LogP contribution in [0.15, 0.2) is 35.3 Å². The van der Waals surface area contributed by atoms with Crippen LogP contribution in [0.3, 0.4) is 0 Å². The zero-order valence-corrected chi connectivity index (χ0v) is 17.4. The summed E-state index contributed by atoms with van der Waals surface area (Å²) in [4.78, 5) is 47.8. The van der Waals surface area contributed by atoms with E-state index >= 15 is 0 Å². The molecule has 2 heterocycles. The summed E-state index contributed by atoms with van der Waals surface area (Å²) in [6.45, 7) is -0.739. The van der Waals surface area contributed by atoms with E-state index in [0.29, 0.717) is 0 Å². The Bertz CT molecular complexity index is 1150. The monoisotopic (exact) mass is 486 g/mol. The molecule has 33 heavy (non-hydrogen) atoms. The van der Waals surface area contributed by atoms with Gasteiger partial charge in [0.2, 0.25) is 0 Å². The van der Waals surface area contributed by atoms with Crippen LogP contribution in [0.5, 0.6) is 0 Å². The van der Waals surface area contributed by atoms with Crippen molar-refractivity contribution in [1.29, 1.82) is 0 Å². The van der Waals surface area contributed by atoms with Crippen LogP contribution in [0.4, 0.5) is 11.5 Å². The number of rotatable bonds is 8. The third-order valence-corrected chi connectivity index (χ3v) is 5.61. The number of carboxylic acids is 2. The molecule has 0 radical (unpaired) electrons. The predicted octanol–water partition coefficient (Wildman–Crippen LogP) is -0.930. The Balaban J connectivity index is 1.71. The number of nitrogens with zero attached hydrogens (tertiary/aromatic N) is 2. The minimum atomic E-state index is -4.73. The van der Waals surface area contributed by atoms with Crippen molar-refractivity contribution in [2.24, 2.45) is 0 Å². The van der Waals surface area contributed by atoms with Crippen molar-refractivity contribution in [3.8, 4) is 0 Å². The molecule has 2 aromatic rings. The van der Waals surface area contributed by atoms with E-state index in [4.69, 9.17) is 25.2 Å². The molecular formula is C17H19N4O11P. The van der Waals surface area contributed by atoms with Gasteiger partial charge in [-0.15, -0.1) is 0 Å². The summed E-state index contributed by atoms with van der Waals surface area (Å²) < 4.78 is 23.5. The highest BCUT2D eigenvalue weighted by Crippen LogP contribution is 2.43. The molecule has 1 fully saturated rings. The summed E-state index contributed by atoms with van der Waals surface area (Å²) in [6, 6.07) is 3.96. The molecule has 1 aromatic carbocycles. The van der Waals surface area contributed by atoms with E-state index in [9.17, 15) is 34.1 Å². The maximum Gasteiger partial charge on any atom is 0.430 e. The van der Waals surface area contributed by atoms with E-state index in [1.165, 1.54) is 12.3 Å². The van der Waals surface area contributed by atoms with Crippen LogP contribution in [0, 0.1) is 0 Å². The first-order valence-electron chi connectivity index (χ1n) is 9.11. The zero-order valence-electron chi connectivity index (χ0n) is 16.5.